The molecule has 0 fully saturated rings. The van der Waals surface area contributed by atoms with Crippen LogP contribution in [0.1, 0.15) is 5.56 Å². The number of hydrazine groups is 1. The molecule has 2 aromatic carbocycles. The van der Waals surface area contributed by atoms with E-state index in [2.05, 4.69) is 26.8 Å². The zero-order valence-corrected chi connectivity index (χ0v) is 14.7. The van der Waals surface area contributed by atoms with Crippen molar-refractivity contribution in [3.05, 3.63) is 63.3 Å². The third-order valence-electron chi connectivity index (χ3n) is 2.87. The summed E-state index contributed by atoms with van der Waals surface area (Å²) < 4.78 is 19.1. The number of nitrogens with one attached hydrogen (secondary N) is 2. The Morgan fingerprint density at radius 3 is 2.42 bits per heavy atom. The van der Waals surface area contributed by atoms with Crippen molar-refractivity contribution in [1.82, 2.24) is 10.9 Å². The van der Waals surface area contributed by atoms with Gasteiger partial charge in [0.2, 0.25) is 5.91 Å². The van der Waals surface area contributed by atoms with Crippen LogP contribution in [-0.4, -0.2) is 18.4 Å². The summed E-state index contributed by atoms with van der Waals surface area (Å²) in [5.74, 6) is -1.66. The van der Waals surface area contributed by atoms with E-state index in [0.29, 0.717) is 9.50 Å². The maximum atomic E-state index is 13.5. The van der Waals surface area contributed by atoms with E-state index in [1.807, 2.05) is 0 Å². The number of hydrogen-bond acceptors (Lipinski definition) is 3. The fourth-order valence-corrected chi connectivity index (χ4v) is 2.20. The van der Waals surface area contributed by atoms with Gasteiger partial charge >= 0.3 is 0 Å². The maximum absolute atomic E-state index is 13.5. The molecular weight excluding hydrogens is 403 g/mol. The molecule has 0 heterocycles. The third kappa shape index (κ3) is 5.82. The van der Waals surface area contributed by atoms with Crippen molar-refractivity contribution < 1.29 is 18.7 Å². The van der Waals surface area contributed by atoms with Crippen LogP contribution < -0.4 is 15.6 Å². The molecule has 0 saturated heterocycles. The normalized spacial score (nSPS) is 10.1. The lowest BCUT2D eigenvalue weighted by Gasteiger charge is -2.09. The van der Waals surface area contributed by atoms with Gasteiger partial charge in [0.05, 0.1) is 6.42 Å². The SMILES string of the molecule is O=C(COc1ccc(Br)cc1F)NNC(=O)Cc1ccc(Cl)cc1. The number of carbonyl (C=O) groups excluding carboxylic acids is 2. The number of benzene rings is 2. The number of amides is 2. The largest absolute Gasteiger partial charge is 0.481 e. The number of rotatable bonds is 5. The van der Waals surface area contributed by atoms with Crippen molar-refractivity contribution in [2.75, 3.05) is 6.61 Å². The number of carbonyl (C=O) groups is 2. The van der Waals surface area contributed by atoms with Crippen LogP contribution in [-0.2, 0) is 16.0 Å². The average molecular weight is 416 g/mol. The van der Waals surface area contributed by atoms with Gasteiger partial charge in [-0.1, -0.05) is 39.7 Å². The standard InChI is InChI=1S/C16H13BrClFN2O3/c17-11-3-6-14(13(19)8-11)24-9-16(23)21-20-15(22)7-10-1-4-12(18)5-2-10/h1-6,8H,7,9H2,(H,20,22)(H,21,23). The summed E-state index contributed by atoms with van der Waals surface area (Å²) in [5.41, 5.74) is 5.20. The number of ether oxygens (including phenoxy) is 1. The molecule has 0 atom stereocenters. The summed E-state index contributed by atoms with van der Waals surface area (Å²) in [6.45, 7) is -0.431. The molecule has 0 saturated carbocycles. The van der Waals surface area contributed by atoms with E-state index < -0.39 is 24.2 Å². The van der Waals surface area contributed by atoms with E-state index in [1.165, 1.54) is 12.1 Å². The second kappa shape index (κ2) is 8.65. The van der Waals surface area contributed by atoms with Crippen LogP contribution in [0.25, 0.3) is 0 Å². The molecule has 0 unspecified atom stereocenters. The van der Waals surface area contributed by atoms with Crippen molar-refractivity contribution in [2.45, 2.75) is 6.42 Å². The van der Waals surface area contributed by atoms with Gasteiger partial charge in [-0.05, 0) is 35.9 Å². The topological polar surface area (TPSA) is 67.4 Å². The lowest BCUT2D eigenvalue weighted by atomic mass is 10.1. The minimum Gasteiger partial charge on any atom is -0.481 e. The fourth-order valence-electron chi connectivity index (χ4n) is 1.74. The molecule has 126 valence electrons. The van der Waals surface area contributed by atoms with Gasteiger partial charge in [0.1, 0.15) is 0 Å². The summed E-state index contributed by atoms with van der Waals surface area (Å²) in [4.78, 5) is 23.3. The first kappa shape index (κ1) is 18.2. The van der Waals surface area contributed by atoms with Crippen molar-refractivity contribution in [2.24, 2.45) is 0 Å². The van der Waals surface area contributed by atoms with Crippen molar-refractivity contribution in [3.8, 4) is 5.75 Å². The highest BCUT2D eigenvalue weighted by molar-refractivity contribution is 9.10. The van der Waals surface area contributed by atoms with Gasteiger partial charge in [-0.3, -0.25) is 20.4 Å². The zero-order valence-electron chi connectivity index (χ0n) is 12.3. The molecule has 0 aliphatic rings. The van der Waals surface area contributed by atoms with Gasteiger partial charge in [0.15, 0.2) is 18.2 Å². The highest BCUT2D eigenvalue weighted by atomic mass is 79.9. The molecule has 0 aromatic heterocycles. The Balaban J connectivity index is 1.74. The first-order valence-electron chi connectivity index (χ1n) is 6.84. The summed E-state index contributed by atoms with van der Waals surface area (Å²) >= 11 is 8.87. The molecule has 0 aliphatic carbocycles. The smallest absolute Gasteiger partial charge is 0.276 e. The summed E-state index contributed by atoms with van der Waals surface area (Å²) in [5, 5.41) is 0.574. The molecule has 5 nitrogen and oxygen atoms in total. The predicted molar refractivity (Wildman–Crippen MR) is 91.0 cm³/mol. The molecule has 0 aliphatic heterocycles. The summed E-state index contributed by atoms with van der Waals surface area (Å²) in [6, 6.07) is 11.0. The van der Waals surface area contributed by atoms with Gasteiger partial charge < -0.3 is 4.74 Å². The highest BCUT2D eigenvalue weighted by Gasteiger charge is 2.09. The van der Waals surface area contributed by atoms with E-state index in [9.17, 15) is 14.0 Å². The zero-order chi connectivity index (χ0) is 17.5. The third-order valence-corrected chi connectivity index (χ3v) is 3.62. The molecule has 0 spiro atoms. The van der Waals surface area contributed by atoms with Crippen LogP contribution in [0.15, 0.2) is 46.9 Å². The Bertz CT molecular complexity index is 741. The van der Waals surface area contributed by atoms with Gasteiger partial charge in [0, 0.05) is 9.50 Å². The van der Waals surface area contributed by atoms with Crippen molar-refractivity contribution in [3.63, 3.8) is 0 Å². The van der Waals surface area contributed by atoms with Crippen LogP contribution in [0.2, 0.25) is 5.02 Å². The van der Waals surface area contributed by atoms with E-state index >= 15 is 0 Å². The van der Waals surface area contributed by atoms with E-state index in [4.69, 9.17) is 16.3 Å². The first-order chi connectivity index (χ1) is 11.4. The Morgan fingerprint density at radius 1 is 1.08 bits per heavy atom. The fraction of sp³-hybridized carbons (Fsp3) is 0.125. The maximum Gasteiger partial charge on any atom is 0.276 e. The van der Waals surface area contributed by atoms with Crippen molar-refractivity contribution in [1.29, 1.82) is 0 Å². The second-order valence-corrected chi connectivity index (χ2v) is 6.12. The molecule has 2 aromatic rings. The molecule has 2 amide bonds. The summed E-state index contributed by atoms with van der Waals surface area (Å²) in [6.07, 6.45) is 0.0830. The molecule has 2 rings (SSSR count). The Hall–Kier alpha value is -2.12. The molecule has 0 bridgehead atoms. The van der Waals surface area contributed by atoms with Crippen LogP contribution >= 0.6 is 27.5 Å². The van der Waals surface area contributed by atoms with Gasteiger partial charge in [-0.15, -0.1) is 0 Å². The monoisotopic (exact) mass is 414 g/mol. The van der Waals surface area contributed by atoms with Gasteiger partial charge in [-0.25, -0.2) is 4.39 Å². The lowest BCUT2D eigenvalue weighted by Crippen LogP contribution is -2.44. The van der Waals surface area contributed by atoms with Gasteiger partial charge in [0.25, 0.3) is 5.91 Å². The molecule has 24 heavy (non-hydrogen) atoms. The first-order valence-corrected chi connectivity index (χ1v) is 8.01. The predicted octanol–water partition coefficient (Wildman–Crippen LogP) is 3.01. The second-order valence-electron chi connectivity index (χ2n) is 4.76. The van der Waals surface area contributed by atoms with E-state index in [-0.39, 0.29) is 12.2 Å². The number of hydrogen-bond donors (Lipinski definition) is 2. The van der Waals surface area contributed by atoms with Crippen LogP contribution in [0.5, 0.6) is 5.75 Å². The highest BCUT2D eigenvalue weighted by Crippen LogP contribution is 2.21. The Labute approximate surface area is 151 Å². The van der Waals surface area contributed by atoms with Crippen LogP contribution in [0.4, 0.5) is 4.39 Å². The molecule has 8 heteroatoms. The Morgan fingerprint density at radius 2 is 1.75 bits per heavy atom. The van der Waals surface area contributed by atoms with E-state index in [0.717, 1.165) is 5.56 Å². The Kier molecular flexibility index (Phi) is 6.57. The molecule has 0 radical (unpaired) electrons. The van der Waals surface area contributed by atoms with Crippen molar-refractivity contribution >= 4 is 39.3 Å². The average Bonchev–Trinajstić information content (AvgIpc) is 2.54. The van der Waals surface area contributed by atoms with Crippen LogP contribution in [0, 0.1) is 5.82 Å². The quantitative estimate of drug-likeness (QED) is 0.738. The van der Waals surface area contributed by atoms with Gasteiger partial charge in [-0.2, -0.15) is 0 Å². The molecule has 2 N–H and O–H groups in total. The minimum absolute atomic E-state index is 0.0548. The lowest BCUT2D eigenvalue weighted by molar-refractivity contribution is -0.129. The van der Waals surface area contributed by atoms with E-state index in [1.54, 1.807) is 30.3 Å². The molecular formula is C16H13BrClFN2O3. The minimum atomic E-state index is -0.609. The summed E-state index contributed by atoms with van der Waals surface area (Å²) in [7, 11) is 0. The van der Waals surface area contributed by atoms with Crippen LogP contribution in [0.3, 0.4) is 0 Å². The number of halogens is 3.